The molecule has 20 heavy (non-hydrogen) atoms. The molecule has 2 saturated heterocycles. The van der Waals surface area contributed by atoms with Gasteiger partial charge in [-0.25, -0.2) is 12.7 Å². The molecule has 8 heteroatoms. The average Bonchev–Trinajstić information content (AvgIpc) is 2.95. The van der Waals surface area contributed by atoms with E-state index >= 15 is 0 Å². The Hall–Kier alpha value is -0.990. The lowest BCUT2D eigenvalue weighted by molar-refractivity contribution is -0.138. The van der Waals surface area contributed by atoms with E-state index in [-0.39, 0.29) is 17.9 Å². The summed E-state index contributed by atoms with van der Waals surface area (Å²) in [6, 6.07) is 0.150. The molecule has 7 nitrogen and oxygen atoms in total. The molecule has 0 aromatic carbocycles. The van der Waals surface area contributed by atoms with Gasteiger partial charge in [0.2, 0.25) is 21.8 Å². The summed E-state index contributed by atoms with van der Waals surface area (Å²) < 4.78 is 24.4. The van der Waals surface area contributed by atoms with Gasteiger partial charge < -0.3 is 4.90 Å². The molecule has 114 valence electrons. The van der Waals surface area contributed by atoms with E-state index in [9.17, 15) is 18.0 Å². The van der Waals surface area contributed by atoms with Crippen LogP contribution in [0.3, 0.4) is 0 Å². The quantitative estimate of drug-likeness (QED) is 0.615. The highest BCUT2D eigenvalue weighted by Crippen LogP contribution is 2.17. The van der Waals surface area contributed by atoms with Gasteiger partial charge in [0.1, 0.15) is 0 Å². The van der Waals surface area contributed by atoms with Crippen LogP contribution in [0.1, 0.15) is 19.3 Å². The predicted molar refractivity (Wildman–Crippen MR) is 73.4 cm³/mol. The van der Waals surface area contributed by atoms with Crippen LogP contribution in [0.15, 0.2) is 0 Å². The van der Waals surface area contributed by atoms with Crippen LogP contribution < -0.4 is 0 Å². The number of likely N-dealkylation sites (tertiary alicyclic amines) is 1. The molecule has 0 radical (unpaired) electrons. The minimum Gasteiger partial charge on any atom is -0.300 e. The fraction of sp³-hybridized carbons (Fsp3) is 0.833. The molecule has 0 aromatic heterocycles. The first-order chi connectivity index (χ1) is 9.29. The third kappa shape index (κ3) is 3.36. The van der Waals surface area contributed by atoms with E-state index in [1.807, 2.05) is 11.9 Å². The Morgan fingerprint density at radius 2 is 1.85 bits per heavy atom. The number of hydrogen-bond acceptors (Lipinski definition) is 5. The van der Waals surface area contributed by atoms with Crippen molar-refractivity contribution in [2.24, 2.45) is 0 Å². The normalized spacial score (nSPS) is 25.1. The molecule has 0 saturated carbocycles. The number of hydrogen-bond donors (Lipinski definition) is 0. The fourth-order valence-electron chi connectivity index (χ4n) is 2.68. The minimum atomic E-state index is -3.13. The summed E-state index contributed by atoms with van der Waals surface area (Å²) in [5, 5.41) is 0. The van der Waals surface area contributed by atoms with Gasteiger partial charge in [-0.05, 0) is 13.5 Å². The summed E-state index contributed by atoms with van der Waals surface area (Å²) in [4.78, 5) is 26.3. The number of imide groups is 1. The summed E-state index contributed by atoms with van der Waals surface area (Å²) in [6.45, 7) is 2.00. The van der Waals surface area contributed by atoms with Crippen LogP contribution in [-0.2, 0) is 19.6 Å². The molecule has 2 aliphatic heterocycles. The van der Waals surface area contributed by atoms with Crippen molar-refractivity contribution in [1.82, 2.24) is 14.1 Å². The summed E-state index contributed by atoms with van der Waals surface area (Å²) in [7, 11) is -1.22. The van der Waals surface area contributed by atoms with Crippen molar-refractivity contribution in [2.75, 3.05) is 39.5 Å². The molecule has 0 spiro atoms. The summed E-state index contributed by atoms with van der Waals surface area (Å²) in [5.74, 6) is -0.208. The molecule has 2 amide bonds. The van der Waals surface area contributed by atoms with Crippen LogP contribution in [-0.4, -0.2) is 79.9 Å². The van der Waals surface area contributed by atoms with Gasteiger partial charge in [0.25, 0.3) is 0 Å². The molecule has 2 aliphatic rings. The molecular weight excluding hydrogens is 282 g/mol. The molecule has 2 heterocycles. The first-order valence-corrected chi connectivity index (χ1v) is 8.62. The number of sulfonamides is 1. The topological polar surface area (TPSA) is 78.0 Å². The first-order valence-electron chi connectivity index (χ1n) is 6.77. The number of carbonyl (C=O) groups is 2. The van der Waals surface area contributed by atoms with Gasteiger partial charge >= 0.3 is 0 Å². The smallest absolute Gasteiger partial charge is 0.229 e. The van der Waals surface area contributed by atoms with Crippen LogP contribution in [0, 0.1) is 0 Å². The Morgan fingerprint density at radius 1 is 1.25 bits per heavy atom. The van der Waals surface area contributed by atoms with E-state index in [4.69, 9.17) is 0 Å². The Morgan fingerprint density at radius 3 is 2.35 bits per heavy atom. The Kier molecular flexibility index (Phi) is 4.46. The van der Waals surface area contributed by atoms with E-state index in [1.54, 1.807) is 0 Å². The summed E-state index contributed by atoms with van der Waals surface area (Å²) >= 11 is 0. The van der Waals surface area contributed by atoms with Crippen molar-refractivity contribution >= 4 is 21.8 Å². The van der Waals surface area contributed by atoms with Crippen molar-refractivity contribution in [3.8, 4) is 0 Å². The fourth-order valence-corrected chi connectivity index (χ4v) is 3.56. The predicted octanol–water partition coefficient (Wildman–Crippen LogP) is -0.899. The second kappa shape index (κ2) is 5.79. The first kappa shape index (κ1) is 15.4. The Labute approximate surface area is 119 Å². The second-order valence-electron chi connectivity index (χ2n) is 5.48. The number of carbonyl (C=O) groups excluding carboxylic acids is 2. The van der Waals surface area contributed by atoms with Crippen molar-refractivity contribution < 1.29 is 18.0 Å². The maximum atomic E-state index is 11.5. The highest BCUT2D eigenvalue weighted by atomic mass is 32.2. The number of rotatable bonds is 5. The molecule has 0 N–H and O–H groups in total. The SMILES string of the molecule is CN(CCN1C(=O)CCC1=O)C1CCN(S(C)(=O)=O)C1. The molecule has 0 aromatic rings. The zero-order chi connectivity index (χ0) is 14.9. The van der Waals surface area contributed by atoms with Crippen LogP contribution >= 0.6 is 0 Å². The highest BCUT2D eigenvalue weighted by molar-refractivity contribution is 7.88. The van der Waals surface area contributed by atoms with Gasteiger partial charge in [-0.3, -0.25) is 14.5 Å². The number of nitrogens with zero attached hydrogens (tertiary/aromatic N) is 3. The number of likely N-dealkylation sites (N-methyl/N-ethyl adjacent to an activating group) is 1. The van der Waals surface area contributed by atoms with Gasteiger partial charge in [0.05, 0.1) is 6.26 Å². The maximum absolute atomic E-state index is 11.5. The van der Waals surface area contributed by atoms with Crippen LogP contribution in [0.5, 0.6) is 0 Å². The average molecular weight is 303 g/mol. The Bertz CT molecular complexity index is 489. The standard InChI is InChI=1S/C12H21N3O4S/c1-13(7-8-15-11(16)3-4-12(15)17)10-5-6-14(9-10)20(2,18)19/h10H,3-9H2,1-2H3. The van der Waals surface area contributed by atoms with Crippen LogP contribution in [0.2, 0.25) is 0 Å². The van der Waals surface area contributed by atoms with Gasteiger partial charge in [-0.1, -0.05) is 0 Å². The van der Waals surface area contributed by atoms with Gasteiger partial charge in [0, 0.05) is 45.1 Å². The van der Waals surface area contributed by atoms with Gasteiger partial charge in [-0.15, -0.1) is 0 Å². The molecule has 1 atom stereocenters. The monoisotopic (exact) mass is 303 g/mol. The van der Waals surface area contributed by atoms with Crippen LogP contribution in [0.25, 0.3) is 0 Å². The van der Waals surface area contributed by atoms with Crippen LogP contribution in [0.4, 0.5) is 0 Å². The maximum Gasteiger partial charge on any atom is 0.229 e. The van der Waals surface area contributed by atoms with E-state index in [1.165, 1.54) is 15.5 Å². The second-order valence-corrected chi connectivity index (χ2v) is 7.47. The van der Waals surface area contributed by atoms with E-state index in [2.05, 4.69) is 0 Å². The molecule has 0 aliphatic carbocycles. The highest BCUT2D eigenvalue weighted by Gasteiger charge is 2.32. The zero-order valence-electron chi connectivity index (χ0n) is 11.9. The summed E-state index contributed by atoms with van der Waals surface area (Å²) in [6.07, 6.45) is 2.63. The van der Waals surface area contributed by atoms with Gasteiger partial charge in [0.15, 0.2) is 0 Å². The Balaban J connectivity index is 1.83. The minimum absolute atomic E-state index is 0.104. The lowest BCUT2D eigenvalue weighted by atomic mass is 10.2. The molecule has 2 fully saturated rings. The lowest BCUT2D eigenvalue weighted by Gasteiger charge is -2.26. The summed E-state index contributed by atoms with van der Waals surface area (Å²) in [5.41, 5.74) is 0. The number of amides is 2. The van der Waals surface area contributed by atoms with Crippen molar-refractivity contribution in [3.63, 3.8) is 0 Å². The molecular formula is C12H21N3O4S. The molecule has 1 unspecified atom stereocenters. The van der Waals surface area contributed by atoms with Gasteiger partial charge in [-0.2, -0.15) is 0 Å². The molecule has 2 rings (SSSR count). The van der Waals surface area contributed by atoms with E-state index in [0.717, 1.165) is 6.42 Å². The van der Waals surface area contributed by atoms with E-state index in [0.29, 0.717) is 39.0 Å². The third-order valence-electron chi connectivity index (χ3n) is 4.05. The third-order valence-corrected chi connectivity index (χ3v) is 5.32. The van der Waals surface area contributed by atoms with Crippen molar-refractivity contribution in [2.45, 2.75) is 25.3 Å². The molecule has 0 bridgehead atoms. The van der Waals surface area contributed by atoms with E-state index < -0.39 is 10.0 Å². The zero-order valence-corrected chi connectivity index (χ0v) is 12.7. The largest absolute Gasteiger partial charge is 0.300 e. The van der Waals surface area contributed by atoms with Crippen molar-refractivity contribution in [3.05, 3.63) is 0 Å². The van der Waals surface area contributed by atoms with Crippen molar-refractivity contribution in [1.29, 1.82) is 0 Å². The lowest BCUT2D eigenvalue weighted by Crippen LogP contribution is -2.42.